The lowest BCUT2D eigenvalue weighted by Gasteiger charge is -2.31. The molecule has 0 spiro atoms. The molecule has 40 heavy (non-hydrogen) atoms. The Kier molecular flexibility index (Phi) is 11.3. The number of aliphatic imine (C=N–C) groups is 1. The van der Waals surface area contributed by atoms with Gasteiger partial charge in [-0.2, -0.15) is 5.26 Å². The normalized spacial score (nSPS) is 14.9. The number of amides is 1. The van der Waals surface area contributed by atoms with E-state index in [2.05, 4.69) is 25.8 Å². The highest BCUT2D eigenvalue weighted by Crippen LogP contribution is 2.35. The van der Waals surface area contributed by atoms with Crippen LogP contribution in [-0.2, 0) is 17.8 Å². The summed E-state index contributed by atoms with van der Waals surface area (Å²) in [7, 11) is 0. The second-order valence-corrected chi connectivity index (χ2v) is 9.82. The molecule has 0 aromatic heterocycles. The molecule has 1 heterocycles. The van der Waals surface area contributed by atoms with Gasteiger partial charge in [0.15, 0.2) is 0 Å². The molecule has 6 N–H and O–H groups in total. The van der Waals surface area contributed by atoms with Crippen molar-refractivity contribution in [1.82, 2.24) is 20.9 Å². The number of benzene rings is 2. The fourth-order valence-corrected chi connectivity index (χ4v) is 5.06. The number of phenols is 1. The number of hydrogen-bond donors (Lipinski definition) is 6. The number of hydrogen-bond acceptors (Lipinski definition) is 7. The van der Waals surface area contributed by atoms with E-state index in [1.165, 1.54) is 18.3 Å². The van der Waals surface area contributed by atoms with Gasteiger partial charge in [-0.25, -0.2) is 9.18 Å². The number of halogens is 3. The van der Waals surface area contributed by atoms with Crippen LogP contribution in [0.15, 0.2) is 35.3 Å². The van der Waals surface area contributed by atoms with Crippen LogP contribution >= 0.6 is 23.2 Å². The van der Waals surface area contributed by atoms with Gasteiger partial charge < -0.3 is 31.3 Å². The van der Waals surface area contributed by atoms with Gasteiger partial charge in [-0.15, -0.1) is 4.99 Å². The third kappa shape index (κ3) is 8.19. The Morgan fingerprint density at radius 3 is 2.70 bits per heavy atom. The van der Waals surface area contributed by atoms with Crippen molar-refractivity contribution in [1.29, 1.82) is 5.26 Å². The molecule has 214 valence electrons. The number of phenolic OH excluding ortho intramolecular Hbond substituents is 1. The van der Waals surface area contributed by atoms with Gasteiger partial charge in [0.2, 0.25) is 12.2 Å². The van der Waals surface area contributed by atoms with Gasteiger partial charge in [0, 0.05) is 32.7 Å². The van der Waals surface area contributed by atoms with Gasteiger partial charge in [-0.1, -0.05) is 35.3 Å². The first-order valence-corrected chi connectivity index (χ1v) is 13.1. The van der Waals surface area contributed by atoms with Crippen molar-refractivity contribution in [3.8, 4) is 11.9 Å². The second kappa shape index (κ2) is 14.7. The molecule has 11 nitrogen and oxygen atoms in total. The zero-order valence-corrected chi connectivity index (χ0v) is 22.8. The number of rotatable bonds is 11. The van der Waals surface area contributed by atoms with E-state index < -0.39 is 30.7 Å². The molecule has 1 amide bonds. The Balaban J connectivity index is 1.66. The first-order valence-electron chi connectivity index (χ1n) is 12.4. The van der Waals surface area contributed by atoms with Gasteiger partial charge in [0.25, 0.3) is 5.91 Å². The topological polar surface area (TPSA) is 170 Å². The van der Waals surface area contributed by atoms with Gasteiger partial charge in [0.1, 0.15) is 18.5 Å². The number of aromatic hydroxyl groups is 1. The molecule has 0 saturated heterocycles. The first-order chi connectivity index (χ1) is 19.1. The molecule has 1 aliphatic rings. The van der Waals surface area contributed by atoms with Gasteiger partial charge in [-0.3, -0.25) is 9.69 Å². The maximum Gasteiger partial charge on any atom is 0.328 e. The van der Waals surface area contributed by atoms with E-state index in [-0.39, 0.29) is 40.4 Å². The van der Waals surface area contributed by atoms with E-state index in [9.17, 15) is 29.3 Å². The summed E-state index contributed by atoms with van der Waals surface area (Å²) in [6, 6.07) is 6.66. The minimum absolute atomic E-state index is 0.0522. The number of fused-ring (bicyclic) bond motifs is 1. The molecular weight excluding hydrogens is 566 g/mol. The zero-order valence-electron chi connectivity index (χ0n) is 21.3. The van der Waals surface area contributed by atoms with Crippen molar-refractivity contribution in [3.63, 3.8) is 0 Å². The van der Waals surface area contributed by atoms with Crippen LogP contribution in [0.2, 0.25) is 10.0 Å². The summed E-state index contributed by atoms with van der Waals surface area (Å²) in [5.41, 5.74) is 2.11. The van der Waals surface area contributed by atoms with Crippen LogP contribution in [0.25, 0.3) is 0 Å². The highest BCUT2D eigenvalue weighted by atomic mass is 35.5. The number of nitrogens with one attached hydrogen (secondary N) is 3. The summed E-state index contributed by atoms with van der Waals surface area (Å²) in [4.78, 5) is 30.3. The van der Waals surface area contributed by atoms with Crippen LogP contribution in [0, 0.1) is 11.5 Å². The van der Waals surface area contributed by atoms with Crippen molar-refractivity contribution in [2.24, 2.45) is 4.99 Å². The summed E-state index contributed by atoms with van der Waals surface area (Å²) in [5, 5.41) is 46.1. The number of nitrogens with zero attached hydrogens (tertiary/aromatic N) is 3. The summed E-state index contributed by atoms with van der Waals surface area (Å²) in [5.74, 6) is -2.21. The summed E-state index contributed by atoms with van der Waals surface area (Å²) < 4.78 is 12.4. The number of aliphatic hydroxyl groups excluding tert-OH is 1. The summed E-state index contributed by atoms with van der Waals surface area (Å²) in [6.07, 6.45) is 1.71. The van der Waals surface area contributed by atoms with Gasteiger partial charge in [-0.05, 0) is 47.7 Å². The maximum absolute atomic E-state index is 13.1. The van der Waals surface area contributed by atoms with E-state index in [1.54, 1.807) is 18.2 Å². The van der Waals surface area contributed by atoms with Crippen LogP contribution < -0.4 is 16.0 Å². The monoisotopic (exact) mass is 594 g/mol. The predicted molar refractivity (Wildman–Crippen MR) is 147 cm³/mol. The van der Waals surface area contributed by atoms with E-state index in [1.807, 2.05) is 0 Å². The number of alkyl halides is 1. The number of carbonyl (C=O) groups excluding carboxylic acids is 1. The highest BCUT2D eigenvalue weighted by molar-refractivity contribution is 6.40. The Hall–Kier alpha value is -3.63. The molecule has 0 bridgehead atoms. The third-order valence-electron chi connectivity index (χ3n) is 6.31. The SMILES string of the molecule is N#C/N=C(/NCCF)NC[C@H](NC(=O)c1c(Cl)cc2c(c1Cl)CCN(CCC(O)c1cccc(O)c1)C2)C(=O)O. The van der Waals surface area contributed by atoms with Crippen molar-refractivity contribution >= 4 is 41.0 Å². The number of aliphatic hydroxyl groups is 1. The molecule has 0 radical (unpaired) electrons. The molecule has 2 atom stereocenters. The molecule has 0 aliphatic carbocycles. The first kappa shape index (κ1) is 30.9. The number of carboxylic acids is 1. The Morgan fingerprint density at radius 2 is 2.02 bits per heavy atom. The number of carboxylic acid groups (broad SMARTS) is 1. The average molecular weight is 595 g/mol. The molecule has 2 aromatic rings. The van der Waals surface area contributed by atoms with Crippen LogP contribution in [0.1, 0.15) is 39.6 Å². The van der Waals surface area contributed by atoms with E-state index in [0.29, 0.717) is 38.0 Å². The average Bonchev–Trinajstić information content (AvgIpc) is 2.92. The molecular formula is C26H29Cl2FN6O5. The molecule has 14 heteroatoms. The lowest BCUT2D eigenvalue weighted by atomic mass is 9.96. The van der Waals surface area contributed by atoms with Crippen LogP contribution in [0.4, 0.5) is 4.39 Å². The van der Waals surface area contributed by atoms with Crippen molar-refractivity contribution in [2.45, 2.75) is 31.5 Å². The molecule has 1 aliphatic heterocycles. The Bertz CT molecular complexity index is 1310. The van der Waals surface area contributed by atoms with Crippen molar-refractivity contribution in [3.05, 3.63) is 62.6 Å². The molecule has 2 aromatic carbocycles. The molecule has 3 rings (SSSR count). The second-order valence-electron chi connectivity index (χ2n) is 9.03. The Labute approximate surface area is 240 Å². The number of guanidine groups is 1. The number of aliphatic carboxylic acids is 1. The van der Waals surface area contributed by atoms with Gasteiger partial charge >= 0.3 is 5.97 Å². The van der Waals surface area contributed by atoms with Crippen LogP contribution in [0.5, 0.6) is 5.75 Å². The molecule has 0 fully saturated rings. The van der Waals surface area contributed by atoms with Crippen molar-refractivity contribution in [2.75, 3.05) is 32.9 Å². The minimum Gasteiger partial charge on any atom is -0.508 e. The van der Waals surface area contributed by atoms with Crippen LogP contribution in [0.3, 0.4) is 0 Å². The predicted octanol–water partition coefficient (Wildman–Crippen LogP) is 2.35. The fourth-order valence-electron chi connectivity index (χ4n) is 4.30. The minimum atomic E-state index is -1.44. The van der Waals surface area contributed by atoms with Crippen molar-refractivity contribution < 1.29 is 29.3 Å². The van der Waals surface area contributed by atoms with E-state index in [4.69, 9.17) is 28.5 Å². The lowest BCUT2D eigenvalue weighted by molar-refractivity contribution is -0.139. The molecule has 1 unspecified atom stereocenters. The lowest BCUT2D eigenvalue weighted by Crippen LogP contribution is -2.51. The fraction of sp³-hybridized carbons (Fsp3) is 0.385. The summed E-state index contributed by atoms with van der Waals surface area (Å²) >= 11 is 13.0. The zero-order chi connectivity index (χ0) is 29.2. The molecule has 0 saturated carbocycles. The van der Waals surface area contributed by atoms with Crippen LogP contribution in [-0.4, -0.2) is 77.0 Å². The third-order valence-corrected chi connectivity index (χ3v) is 7.03. The van der Waals surface area contributed by atoms with E-state index >= 15 is 0 Å². The standard InChI is InChI=1S/C26H29Cl2FN6O5/c27-19-11-16-13-35(9-5-21(37)15-2-1-3-17(36)10-15)8-4-18(16)23(28)22(19)24(38)34-20(25(39)40)12-32-26(33-14-30)31-7-6-29/h1-3,10-11,20-21,36-37H,4-9,12-13H2,(H,34,38)(H,39,40)(H2,31,32,33)/t20-,21?/m0/s1. The number of carbonyl (C=O) groups is 2. The van der Waals surface area contributed by atoms with Gasteiger partial charge in [0.05, 0.1) is 21.7 Å². The number of nitriles is 1. The highest BCUT2D eigenvalue weighted by Gasteiger charge is 2.28. The maximum atomic E-state index is 13.1. The quantitative estimate of drug-likeness (QED) is 0.130. The largest absolute Gasteiger partial charge is 0.508 e. The Morgan fingerprint density at radius 1 is 1.25 bits per heavy atom. The summed E-state index contributed by atoms with van der Waals surface area (Å²) in [6.45, 7) is 0.421. The smallest absolute Gasteiger partial charge is 0.328 e. The van der Waals surface area contributed by atoms with E-state index in [0.717, 1.165) is 11.1 Å².